The van der Waals surface area contributed by atoms with Crippen LogP contribution in [0.1, 0.15) is 124 Å². The van der Waals surface area contributed by atoms with Crippen molar-refractivity contribution in [1.29, 1.82) is 0 Å². The van der Waals surface area contributed by atoms with Gasteiger partial charge in [-0.05, 0) is 26.7 Å². The van der Waals surface area contributed by atoms with Crippen molar-refractivity contribution in [2.24, 2.45) is 0 Å². The molecule has 0 N–H and O–H groups in total. The van der Waals surface area contributed by atoms with Gasteiger partial charge in [-0.2, -0.15) is 0 Å². The van der Waals surface area contributed by atoms with E-state index in [1.807, 2.05) is 0 Å². The average Bonchev–Trinajstić information content (AvgIpc) is 2.72. The lowest BCUT2D eigenvalue weighted by Crippen LogP contribution is -3.00. The number of hydrogen-bond donors (Lipinski definition) is 0. The van der Waals surface area contributed by atoms with Crippen LogP contribution in [0.25, 0.3) is 0 Å². The zero-order chi connectivity index (χ0) is 22.5. The van der Waals surface area contributed by atoms with Gasteiger partial charge in [0, 0.05) is 25.2 Å². The lowest BCUT2D eigenvalue weighted by Gasteiger charge is -2.32. The molecule has 0 bridgehead atoms. The summed E-state index contributed by atoms with van der Waals surface area (Å²) in [7, 11) is 3.30. The summed E-state index contributed by atoms with van der Waals surface area (Å²) in [5.41, 5.74) is 0.596. The van der Waals surface area contributed by atoms with Crippen molar-refractivity contribution < 1.29 is 30.3 Å². The van der Waals surface area contributed by atoms with Crippen LogP contribution in [-0.2, 0) is 8.85 Å². The summed E-state index contributed by atoms with van der Waals surface area (Å²) in [5, 5.41) is 0. The predicted molar refractivity (Wildman–Crippen MR) is 137 cm³/mol. The van der Waals surface area contributed by atoms with Crippen LogP contribution in [0.15, 0.2) is 0 Å². The van der Waals surface area contributed by atoms with Crippen molar-refractivity contribution in [3.05, 3.63) is 0 Å². The zero-order valence-electron chi connectivity index (χ0n) is 22.2. The van der Waals surface area contributed by atoms with Crippen LogP contribution in [-0.4, -0.2) is 54.2 Å². The molecule has 0 aliphatic carbocycles. The largest absolute Gasteiger partial charge is 1.00 e. The van der Waals surface area contributed by atoms with E-state index in [0.717, 1.165) is 17.7 Å². The first-order valence-electron chi connectivity index (χ1n) is 13.5. The Labute approximate surface area is 209 Å². The maximum absolute atomic E-state index is 5.91. The number of nitrogens with zero attached hydrogens (tertiary/aromatic N) is 1. The van der Waals surface area contributed by atoms with Crippen LogP contribution in [0.5, 0.6) is 0 Å². The van der Waals surface area contributed by atoms with E-state index >= 15 is 0 Å². The maximum atomic E-state index is 5.91. The van der Waals surface area contributed by atoms with E-state index in [0.29, 0.717) is 5.54 Å². The second-order valence-electron chi connectivity index (χ2n) is 10.0. The molecule has 0 rings (SSSR count). The van der Waals surface area contributed by atoms with Gasteiger partial charge in [0.2, 0.25) is 0 Å². The number of rotatable bonds is 23. The molecule has 3 nitrogen and oxygen atoms in total. The van der Waals surface area contributed by atoms with E-state index in [1.54, 1.807) is 0 Å². The topological polar surface area (TPSA) is 18.5 Å². The lowest BCUT2D eigenvalue weighted by atomic mass is 10.0. The molecule has 0 aromatic heterocycles. The van der Waals surface area contributed by atoms with E-state index in [4.69, 9.17) is 8.85 Å². The number of halogens is 1. The van der Waals surface area contributed by atoms with E-state index in [1.165, 1.54) is 109 Å². The highest BCUT2D eigenvalue weighted by atomic mass is 79.9. The van der Waals surface area contributed by atoms with Crippen LogP contribution < -0.4 is 17.0 Å². The van der Waals surface area contributed by atoms with Gasteiger partial charge in [-0.3, -0.25) is 0 Å². The second kappa shape index (κ2) is 23.7. The van der Waals surface area contributed by atoms with Gasteiger partial charge in [0.15, 0.2) is 0 Å². The van der Waals surface area contributed by atoms with Crippen LogP contribution in [0, 0.1) is 0 Å². The minimum Gasteiger partial charge on any atom is -1.00 e. The van der Waals surface area contributed by atoms with Crippen molar-refractivity contribution in [3.8, 4) is 0 Å². The molecule has 0 aliphatic rings. The Morgan fingerprint density at radius 1 is 0.613 bits per heavy atom. The Kier molecular flexibility index (Phi) is 25.8. The van der Waals surface area contributed by atoms with E-state index in [2.05, 4.69) is 41.8 Å². The highest BCUT2D eigenvalue weighted by Gasteiger charge is 2.24. The molecule has 5 heteroatoms. The second-order valence-corrected chi connectivity index (χ2v) is 12.6. The van der Waals surface area contributed by atoms with Gasteiger partial charge < -0.3 is 30.3 Å². The third kappa shape index (κ3) is 22.1. The predicted octanol–water partition coefficient (Wildman–Crippen LogP) is 4.62. The number of unbranched alkanes of at least 4 members (excludes halogenated alkanes) is 13. The fourth-order valence-electron chi connectivity index (χ4n) is 4.24. The van der Waals surface area contributed by atoms with Crippen LogP contribution in [0.4, 0.5) is 0 Å². The van der Waals surface area contributed by atoms with Crippen molar-refractivity contribution in [3.63, 3.8) is 0 Å². The summed E-state index contributed by atoms with van der Waals surface area (Å²) in [6.45, 7) is 12.9. The SMILES string of the molecule is CCCCCCCCCCCCCCCC[N+](C)(C)CCC(C)[SiH](OCC)OCC.[Br-]. The molecule has 0 aromatic carbocycles. The summed E-state index contributed by atoms with van der Waals surface area (Å²) < 4.78 is 13.0. The third-order valence-corrected chi connectivity index (χ3v) is 9.02. The molecular weight excluding hydrogens is 466 g/mol. The van der Waals surface area contributed by atoms with Gasteiger partial charge in [0.1, 0.15) is 0 Å². The van der Waals surface area contributed by atoms with E-state index in [9.17, 15) is 0 Å². The van der Waals surface area contributed by atoms with Gasteiger partial charge >= 0.3 is 9.28 Å². The van der Waals surface area contributed by atoms with Crippen molar-refractivity contribution in [1.82, 2.24) is 0 Å². The first-order chi connectivity index (χ1) is 14.5. The minimum atomic E-state index is -1.49. The van der Waals surface area contributed by atoms with E-state index < -0.39 is 9.28 Å². The molecular formula is C26H58BrNO2Si. The fourth-order valence-corrected chi connectivity index (χ4v) is 6.07. The molecule has 0 aromatic rings. The first kappa shape index (κ1) is 33.7. The Bertz CT molecular complexity index is 352. The van der Waals surface area contributed by atoms with Gasteiger partial charge in [0.25, 0.3) is 0 Å². The van der Waals surface area contributed by atoms with Gasteiger partial charge in [-0.1, -0.05) is 90.9 Å². The molecule has 1 atom stereocenters. The normalized spacial score (nSPS) is 12.9. The molecule has 0 saturated carbocycles. The quantitative estimate of drug-likeness (QED) is 0.110. The summed E-state index contributed by atoms with van der Waals surface area (Å²) >= 11 is 0. The van der Waals surface area contributed by atoms with Crippen LogP contribution >= 0.6 is 0 Å². The summed E-state index contributed by atoms with van der Waals surface area (Å²) in [6.07, 6.45) is 21.3. The van der Waals surface area contributed by atoms with Crippen molar-refractivity contribution in [2.75, 3.05) is 40.4 Å². The molecule has 0 aliphatic heterocycles. The Morgan fingerprint density at radius 2 is 1.00 bits per heavy atom. The highest BCUT2D eigenvalue weighted by molar-refractivity contribution is 6.46. The monoisotopic (exact) mass is 523 g/mol. The molecule has 0 radical (unpaired) electrons. The van der Waals surface area contributed by atoms with Gasteiger partial charge in [0.05, 0.1) is 27.2 Å². The average molecular weight is 525 g/mol. The summed E-state index contributed by atoms with van der Waals surface area (Å²) in [5.74, 6) is 0. The Morgan fingerprint density at radius 3 is 1.39 bits per heavy atom. The van der Waals surface area contributed by atoms with Crippen molar-refractivity contribution in [2.45, 2.75) is 130 Å². The first-order valence-corrected chi connectivity index (χ1v) is 15.1. The molecule has 190 valence electrons. The minimum absolute atomic E-state index is 0. The van der Waals surface area contributed by atoms with Gasteiger partial charge in [-0.25, -0.2) is 0 Å². The number of quaternary nitrogens is 1. The lowest BCUT2D eigenvalue weighted by molar-refractivity contribution is -0.890. The summed E-state index contributed by atoms with van der Waals surface area (Å²) in [4.78, 5) is 0. The molecule has 0 spiro atoms. The standard InChI is InChI=1S/C26H58NO2Si.BrH/c1-7-10-11-12-13-14-15-16-17-18-19-20-21-22-24-27(5,6)25-23-26(4)30(28-8-2)29-9-3;/h26,30H,7-25H2,1-6H3;1H/q+1;/p-1. The number of hydrogen-bond acceptors (Lipinski definition) is 2. The molecule has 0 amide bonds. The van der Waals surface area contributed by atoms with Gasteiger partial charge in [-0.15, -0.1) is 0 Å². The summed E-state index contributed by atoms with van der Waals surface area (Å²) in [6, 6.07) is 0. The third-order valence-electron chi connectivity index (χ3n) is 6.43. The van der Waals surface area contributed by atoms with E-state index in [-0.39, 0.29) is 17.0 Å². The molecule has 31 heavy (non-hydrogen) atoms. The maximum Gasteiger partial charge on any atom is 0.324 e. The molecule has 0 saturated heterocycles. The fraction of sp³-hybridized carbons (Fsp3) is 1.00. The van der Waals surface area contributed by atoms with Crippen molar-refractivity contribution >= 4 is 9.28 Å². The molecule has 0 fully saturated rings. The zero-order valence-corrected chi connectivity index (χ0v) is 25.0. The Hall–Kier alpha value is 0.577. The Balaban J connectivity index is 0. The van der Waals surface area contributed by atoms with Crippen LogP contribution in [0.3, 0.4) is 0 Å². The molecule has 1 unspecified atom stereocenters. The van der Waals surface area contributed by atoms with Crippen LogP contribution in [0.2, 0.25) is 5.54 Å². The smallest absolute Gasteiger partial charge is 0.324 e. The molecule has 0 heterocycles. The highest BCUT2D eigenvalue weighted by Crippen LogP contribution is 2.19.